The van der Waals surface area contributed by atoms with Crippen LogP contribution in [0, 0.1) is 0 Å². The molecular weight excluding hydrogens is 246 g/mol. The van der Waals surface area contributed by atoms with Crippen LogP contribution in [0.25, 0.3) is 0 Å². The summed E-state index contributed by atoms with van der Waals surface area (Å²) >= 11 is 0. The van der Waals surface area contributed by atoms with Gasteiger partial charge in [0.05, 0.1) is 6.54 Å². The van der Waals surface area contributed by atoms with E-state index in [0.29, 0.717) is 6.04 Å². The number of unbranched alkanes of at least 4 members (excludes halogenated alkanes) is 2. The Hall–Kier alpha value is -1.77. The Bertz CT molecular complexity index is 473. The van der Waals surface area contributed by atoms with Gasteiger partial charge in [0.2, 0.25) is 0 Å². The molecule has 1 aromatic carbocycles. The van der Waals surface area contributed by atoms with E-state index in [4.69, 9.17) is 0 Å². The molecule has 0 saturated heterocycles. The van der Waals surface area contributed by atoms with Gasteiger partial charge in [-0.2, -0.15) is 5.10 Å². The van der Waals surface area contributed by atoms with Gasteiger partial charge in [0.25, 0.3) is 0 Å². The smallest absolute Gasteiger partial charge is 0.0659 e. The number of nitrogens with zero attached hydrogens (tertiary/aromatic N) is 2. The van der Waals surface area contributed by atoms with Gasteiger partial charge in [-0.25, -0.2) is 0 Å². The number of anilines is 1. The maximum atomic E-state index is 4.23. The Kier molecular flexibility index (Phi) is 5.66. The van der Waals surface area contributed by atoms with Gasteiger partial charge in [-0.1, -0.05) is 38.3 Å². The third kappa shape index (κ3) is 4.72. The number of aromatic nitrogens is 2. The van der Waals surface area contributed by atoms with Crippen LogP contribution in [0.5, 0.6) is 0 Å². The third-order valence-electron chi connectivity index (χ3n) is 3.51. The fourth-order valence-corrected chi connectivity index (χ4v) is 2.34. The molecule has 1 atom stereocenters. The summed E-state index contributed by atoms with van der Waals surface area (Å²) in [5, 5.41) is 7.79. The number of hydrogen-bond donors (Lipinski definition) is 1. The van der Waals surface area contributed by atoms with E-state index >= 15 is 0 Å². The molecule has 2 rings (SSSR count). The van der Waals surface area contributed by atoms with Gasteiger partial charge < -0.3 is 5.32 Å². The lowest BCUT2D eigenvalue weighted by atomic mass is 10.1. The quantitative estimate of drug-likeness (QED) is 0.725. The summed E-state index contributed by atoms with van der Waals surface area (Å²) < 4.78 is 1.94. The molecule has 1 aromatic heterocycles. The predicted molar refractivity (Wildman–Crippen MR) is 85.0 cm³/mol. The normalized spacial score (nSPS) is 12.3. The van der Waals surface area contributed by atoms with E-state index in [9.17, 15) is 0 Å². The van der Waals surface area contributed by atoms with Crippen LogP contribution in [0.1, 0.15) is 45.1 Å². The predicted octanol–water partition coefficient (Wildman–Crippen LogP) is 4.31. The van der Waals surface area contributed by atoms with Crippen LogP contribution >= 0.6 is 0 Å². The van der Waals surface area contributed by atoms with Gasteiger partial charge in [0, 0.05) is 24.1 Å². The lowest BCUT2D eigenvalue weighted by Gasteiger charge is -2.15. The molecule has 0 bridgehead atoms. The van der Waals surface area contributed by atoms with Crippen molar-refractivity contribution >= 4 is 5.69 Å². The molecule has 0 aliphatic heterocycles. The summed E-state index contributed by atoms with van der Waals surface area (Å²) in [6.45, 7) is 5.34. The zero-order valence-corrected chi connectivity index (χ0v) is 12.5. The summed E-state index contributed by atoms with van der Waals surface area (Å²) in [6, 6.07) is 11.2. The molecule has 108 valence electrons. The second-order valence-electron chi connectivity index (χ2n) is 5.44. The van der Waals surface area contributed by atoms with Crippen molar-refractivity contribution < 1.29 is 0 Å². The summed E-state index contributed by atoms with van der Waals surface area (Å²) in [6.07, 6.45) is 8.96. The summed E-state index contributed by atoms with van der Waals surface area (Å²) in [5.41, 5.74) is 2.48. The van der Waals surface area contributed by atoms with Gasteiger partial charge in [-0.3, -0.25) is 4.68 Å². The highest BCUT2D eigenvalue weighted by molar-refractivity contribution is 5.45. The van der Waals surface area contributed by atoms with Crippen LogP contribution in [0.3, 0.4) is 0 Å². The van der Waals surface area contributed by atoms with Crippen LogP contribution in [0.15, 0.2) is 42.7 Å². The number of nitrogens with one attached hydrogen (secondary N) is 1. The molecule has 0 aliphatic rings. The Morgan fingerprint density at radius 3 is 2.65 bits per heavy atom. The summed E-state index contributed by atoms with van der Waals surface area (Å²) in [5.74, 6) is 0. The van der Waals surface area contributed by atoms with Gasteiger partial charge in [0.15, 0.2) is 0 Å². The largest absolute Gasteiger partial charge is 0.383 e. The first-order valence-corrected chi connectivity index (χ1v) is 7.61. The van der Waals surface area contributed by atoms with Gasteiger partial charge >= 0.3 is 0 Å². The lowest BCUT2D eigenvalue weighted by Crippen LogP contribution is -2.14. The molecule has 1 heterocycles. The van der Waals surface area contributed by atoms with Crippen molar-refractivity contribution in [3.8, 4) is 0 Å². The fourth-order valence-electron chi connectivity index (χ4n) is 2.34. The van der Waals surface area contributed by atoms with E-state index in [1.807, 2.05) is 23.1 Å². The number of rotatable bonds is 8. The molecule has 1 unspecified atom stereocenters. The maximum Gasteiger partial charge on any atom is 0.0659 e. The van der Waals surface area contributed by atoms with Crippen LogP contribution in [-0.4, -0.2) is 15.8 Å². The first-order chi connectivity index (χ1) is 9.78. The number of hydrogen-bond acceptors (Lipinski definition) is 2. The Balaban J connectivity index is 1.82. The van der Waals surface area contributed by atoms with Crippen LogP contribution in [-0.2, 0) is 6.54 Å². The van der Waals surface area contributed by atoms with E-state index in [0.717, 1.165) is 6.54 Å². The minimum absolute atomic E-state index is 0.540. The molecule has 20 heavy (non-hydrogen) atoms. The molecule has 0 fully saturated rings. The van der Waals surface area contributed by atoms with E-state index in [1.165, 1.54) is 36.9 Å². The average Bonchev–Trinajstić information content (AvgIpc) is 2.94. The number of benzene rings is 1. The average molecular weight is 271 g/mol. The summed E-state index contributed by atoms with van der Waals surface area (Å²) in [7, 11) is 0. The Morgan fingerprint density at radius 1 is 1.20 bits per heavy atom. The van der Waals surface area contributed by atoms with Crippen LogP contribution in [0.4, 0.5) is 5.69 Å². The monoisotopic (exact) mass is 271 g/mol. The SMILES string of the molecule is CCCCCC(C)Nc1ccc(Cn2cccn2)cc1. The highest BCUT2D eigenvalue weighted by atomic mass is 15.3. The van der Waals surface area contributed by atoms with E-state index in [1.54, 1.807) is 0 Å². The van der Waals surface area contributed by atoms with Crippen LogP contribution < -0.4 is 5.32 Å². The Morgan fingerprint density at radius 2 is 2.00 bits per heavy atom. The molecule has 0 amide bonds. The van der Waals surface area contributed by atoms with Crippen molar-refractivity contribution in [2.24, 2.45) is 0 Å². The van der Waals surface area contributed by atoms with Crippen molar-refractivity contribution in [1.29, 1.82) is 0 Å². The Labute approximate surface area is 122 Å². The molecule has 0 aliphatic carbocycles. The zero-order valence-electron chi connectivity index (χ0n) is 12.5. The summed E-state index contributed by atoms with van der Waals surface area (Å²) in [4.78, 5) is 0. The highest BCUT2D eigenvalue weighted by Crippen LogP contribution is 2.14. The highest BCUT2D eigenvalue weighted by Gasteiger charge is 2.02. The van der Waals surface area contributed by atoms with Crippen molar-refractivity contribution in [3.63, 3.8) is 0 Å². The molecule has 0 spiro atoms. The van der Waals surface area contributed by atoms with E-state index < -0.39 is 0 Å². The van der Waals surface area contributed by atoms with Crippen LogP contribution in [0.2, 0.25) is 0 Å². The first-order valence-electron chi connectivity index (χ1n) is 7.61. The molecule has 0 saturated carbocycles. The molecule has 0 radical (unpaired) electrons. The minimum atomic E-state index is 0.540. The van der Waals surface area contributed by atoms with Crippen molar-refractivity contribution in [1.82, 2.24) is 9.78 Å². The zero-order chi connectivity index (χ0) is 14.2. The molecular formula is C17H25N3. The fraction of sp³-hybridized carbons (Fsp3) is 0.471. The standard InChI is InChI=1S/C17H25N3/c1-3-4-5-7-15(2)19-17-10-8-16(9-11-17)14-20-13-6-12-18-20/h6,8-13,15,19H,3-5,7,14H2,1-2H3. The van der Waals surface area contributed by atoms with E-state index in [-0.39, 0.29) is 0 Å². The third-order valence-corrected chi connectivity index (χ3v) is 3.51. The molecule has 3 nitrogen and oxygen atoms in total. The second-order valence-corrected chi connectivity index (χ2v) is 5.44. The van der Waals surface area contributed by atoms with Crippen molar-refractivity contribution in [2.75, 3.05) is 5.32 Å². The molecule has 3 heteroatoms. The van der Waals surface area contributed by atoms with Crippen molar-refractivity contribution in [2.45, 2.75) is 52.1 Å². The minimum Gasteiger partial charge on any atom is -0.383 e. The van der Waals surface area contributed by atoms with Gasteiger partial charge in [-0.15, -0.1) is 0 Å². The topological polar surface area (TPSA) is 29.9 Å². The van der Waals surface area contributed by atoms with Crippen molar-refractivity contribution in [3.05, 3.63) is 48.3 Å². The second kappa shape index (κ2) is 7.73. The van der Waals surface area contributed by atoms with Gasteiger partial charge in [-0.05, 0) is 37.1 Å². The molecule has 2 aromatic rings. The lowest BCUT2D eigenvalue weighted by molar-refractivity contribution is 0.615. The first kappa shape index (κ1) is 14.6. The molecule has 1 N–H and O–H groups in total. The maximum absolute atomic E-state index is 4.23. The van der Waals surface area contributed by atoms with E-state index in [2.05, 4.69) is 48.5 Å². The van der Waals surface area contributed by atoms with Gasteiger partial charge in [0.1, 0.15) is 0 Å².